The Hall–Kier alpha value is -2.22. The number of hydrogen-bond donors (Lipinski definition) is 1. The molecule has 0 aliphatic carbocycles. The Balaban J connectivity index is 2.13. The molecule has 114 valence electrons. The first kappa shape index (κ1) is 15.2. The topological polar surface area (TPSA) is 104 Å². The number of nitrogens with one attached hydrogen (secondary N) is 1. The van der Waals surface area contributed by atoms with Gasteiger partial charge in [0.05, 0.1) is 18.6 Å². The van der Waals surface area contributed by atoms with Crippen molar-refractivity contribution in [2.45, 2.75) is 12.8 Å². The SMILES string of the molecule is COC(=O)c1ccc([N+](=O)[O-])c(NCC2CCCOC2)n1. The molecule has 0 aromatic carbocycles. The summed E-state index contributed by atoms with van der Waals surface area (Å²) < 4.78 is 9.93. The third-order valence-corrected chi connectivity index (χ3v) is 3.28. The van der Waals surface area contributed by atoms with Gasteiger partial charge in [0, 0.05) is 19.2 Å². The molecule has 1 aliphatic heterocycles. The highest BCUT2D eigenvalue weighted by molar-refractivity contribution is 5.88. The zero-order chi connectivity index (χ0) is 15.2. The van der Waals surface area contributed by atoms with Crippen LogP contribution in [0.2, 0.25) is 0 Å². The van der Waals surface area contributed by atoms with Gasteiger partial charge in [-0.1, -0.05) is 0 Å². The molecule has 2 rings (SSSR count). The maximum atomic E-state index is 11.5. The van der Waals surface area contributed by atoms with Crippen molar-refractivity contribution in [3.63, 3.8) is 0 Å². The van der Waals surface area contributed by atoms with Crippen molar-refractivity contribution in [1.29, 1.82) is 0 Å². The van der Waals surface area contributed by atoms with Crippen LogP contribution in [0.15, 0.2) is 12.1 Å². The van der Waals surface area contributed by atoms with E-state index in [1.165, 1.54) is 19.2 Å². The molecule has 0 saturated carbocycles. The number of nitro groups is 1. The lowest BCUT2D eigenvalue weighted by atomic mass is 10.0. The van der Waals surface area contributed by atoms with Crippen molar-refractivity contribution >= 4 is 17.5 Å². The van der Waals surface area contributed by atoms with Crippen LogP contribution in [0, 0.1) is 16.0 Å². The largest absolute Gasteiger partial charge is 0.464 e. The Kier molecular flexibility index (Phi) is 5.04. The van der Waals surface area contributed by atoms with Crippen molar-refractivity contribution < 1.29 is 19.2 Å². The van der Waals surface area contributed by atoms with Crippen molar-refractivity contribution in [1.82, 2.24) is 4.98 Å². The van der Waals surface area contributed by atoms with Gasteiger partial charge in [-0.3, -0.25) is 10.1 Å². The Morgan fingerprint density at radius 2 is 2.43 bits per heavy atom. The van der Waals surface area contributed by atoms with Crippen LogP contribution in [0.1, 0.15) is 23.3 Å². The fraction of sp³-hybridized carbons (Fsp3) is 0.538. The predicted molar refractivity (Wildman–Crippen MR) is 74.3 cm³/mol. The number of nitrogens with zero attached hydrogens (tertiary/aromatic N) is 2. The van der Waals surface area contributed by atoms with E-state index in [0.29, 0.717) is 13.2 Å². The lowest BCUT2D eigenvalue weighted by Gasteiger charge is -2.22. The molecular weight excluding hydrogens is 278 g/mol. The molecule has 0 spiro atoms. The number of hydrogen-bond acceptors (Lipinski definition) is 7. The summed E-state index contributed by atoms with van der Waals surface area (Å²) in [7, 11) is 1.23. The molecule has 21 heavy (non-hydrogen) atoms. The number of rotatable bonds is 5. The second-order valence-electron chi connectivity index (χ2n) is 4.78. The van der Waals surface area contributed by atoms with Crippen LogP contribution in [-0.4, -0.2) is 42.7 Å². The van der Waals surface area contributed by atoms with Crippen LogP contribution in [-0.2, 0) is 9.47 Å². The van der Waals surface area contributed by atoms with Gasteiger partial charge < -0.3 is 14.8 Å². The first-order chi connectivity index (χ1) is 10.1. The van der Waals surface area contributed by atoms with Crippen LogP contribution < -0.4 is 5.32 Å². The molecule has 1 fully saturated rings. The number of esters is 1. The molecule has 1 unspecified atom stereocenters. The van der Waals surface area contributed by atoms with Crippen molar-refractivity contribution in [3.8, 4) is 0 Å². The van der Waals surface area contributed by atoms with E-state index in [-0.39, 0.29) is 23.1 Å². The van der Waals surface area contributed by atoms with Gasteiger partial charge in [-0.15, -0.1) is 0 Å². The maximum absolute atomic E-state index is 11.5. The lowest BCUT2D eigenvalue weighted by molar-refractivity contribution is -0.384. The molecule has 2 heterocycles. The number of aromatic nitrogens is 1. The van der Waals surface area contributed by atoms with Crippen LogP contribution in [0.4, 0.5) is 11.5 Å². The molecule has 1 aromatic heterocycles. The molecule has 0 radical (unpaired) electrons. The predicted octanol–water partition coefficient (Wildman–Crippen LogP) is 1.61. The number of carbonyl (C=O) groups is 1. The Bertz CT molecular complexity index is 529. The molecule has 8 heteroatoms. The number of ether oxygens (including phenoxy) is 2. The number of anilines is 1. The van der Waals surface area contributed by atoms with Gasteiger partial charge in [-0.05, 0) is 24.8 Å². The van der Waals surface area contributed by atoms with Crippen LogP contribution in [0.25, 0.3) is 0 Å². The van der Waals surface area contributed by atoms with Crippen LogP contribution >= 0.6 is 0 Å². The summed E-state index contributed by atoms with van der Waals surface area (Å²) in [5, 5.41) is 14.0. The fourth-order valence-corrected chi connectivity index (χ4v) is 2.16. The summed E-state index contributed by atoms with van der Waals surface area (Å²) in [5.41, 5.74) is -0.134. The summed E-state index contributed by atoms with van der Waals surface area (Å²) >= 11 is 0. The first-order valence-corrected chi connectivity index (χ1v) is 6.67. The van der Waals surface area contributed by atoms with E-state index in [4.69, 9.17) is 4.74 Å². The lowest BCUT2D eigenvalue weighted by Crippen LogP contribution is -2.25. The highest BCUT2D eigenvalue weighted by Crippen LogP contribution is 2.23. The van der Waals surface area contributed by atoms with Crippen molar-refractivity contribution in [3.05, 3.63) is 27.9 Å². The van der Waals surface area contributed by atoms with E-state index in [0.717, 1.165) is 19.4 Å². The summed E-state index contributed by atoms with van der Waals surface area (Å²) in [6, 6.07) is 2.53. The molecule has 1 aliphatic rings. The third kappa shape index (κ3) is 3.88. The molecule has 0 amide bonds. The Morgan fingerprint density at radius 1 is 1.62 bits per heavy atom. The first-order valence-electron chi connectivity index (χ1n) is 6.67. The monoisotopic (exact) mass is 295 g/mol. The smallest absolute Gasteiger partial charge is 0.356 e. The van der Waals surface area contributed by atoms with Gasteiger partial charge in [-0.2, -0.15) is 0 Å². The molecule has 1 saturated heterocycles. The number of carbonyl (C=O) groups excluding carboxylic acids is 1. The van der Waals surface area contributed by atoms with Gasteiger partial charge >= 0.3 is 11.7 Å². The molecule has 1 atom stereocenters. The molecule has 1 aromatic rings. The van der Waals surface area contributed by atoms with E-state index >= 15 is 0 Å². The average Bonchev–Trinajstić information content (AvgIpc) is 2.52. The minimum absolute atomic E-state index is 0.0329. The molecule has 1 N–H and O–H groups in total. The van der Waals surface area contributed by atoms with Gasteiger partial charge in [0.2, 0.25) is 5.82 Å². The quantitative estimate of drug-likeness (QED) is 0.500. The van der Waals surface area contributed by atoms with Crippen molar-refractivity contribution in [2.24, 2.45) is 5.92 Å². The molecule has 0 bridgehead atoms. The number of pyridine rings is 1. The molecule has 8 nitrogen and oxygen atoms in total. The van der Waals surface area contributed by atoms with E-state index in [1.54, 1.807) is 0 Å². The summed E-state index contributed by atoms with van der Waals surface area (Å²) in [6.45, 7) is 1.89. The maximum Gasteiger partial charge on any atom is 0.356 e. The summed E-state index contributed by atoms with van der Waals surface area (Å²) in [4.78, 5) is 25.9. The highest BCUT2D eigenvalue weighted by Gasteiger charge is 2.21. The zero-order valence-electron chi connectivity index (χ0n) is 11.7. The van der Waals surface area contributed by atoms with Crippen LogP contribution in [0.5, 0.6) is 0 Å². The van der Waals surface area contributed by atoms with E-state index in [1.807, 2.05) is 0 Å². The number of methoxy groups -OCH3 is 1. The van der Waals surface area contributed by atoms with Gasteiger partial charge in [-0.25, -0.2) is 9.78 Å². The van der Waals surface area contributed by atoms with Gasteiger partial charge in [0.15, 0.2) is 5.69 Å². The second-order valence-corrected chi connectivity index (χ2v) is 4.78. The van der Waals surface area contributed by atoms with E-state index < -0.39 is 10.9 Å². The minimum atomic E-state index is -0.631. The van der Waals surface area contributed by atoms with E-state index in [2.05, 4.69) is 15.0 Å². The highest BCUT2D eigenvalue weighted by atomic mass is 16.6. The standard InChI is InChI=1S/C13H17N3O5/c1-20-13(17)10-4-5-11(16(18)19)12(15-10)14-7-9-3-2-6-21-8-9/h4-5,9H,2-3,6-8H2,1H3,(H,14,15). The summed E-state index contributed by atoms with van der Waals surface area (Å²) in [5.74, 6) is -0.274. The second kappa shape index (κ2) is 6.98. The Morgan fingerprint density at radius 3 is 3.05 bits per heavy atom. The van der Waals surface area contributed by atoms with E-state index in [9.17, 15) is 14.9 Å². The fourth-order valence-electron chi connectivity index (χ4n) is 2.16. The molecular formula is C13H17N3O5. The third-order valence-electron chi connectivity index (χ3n) is 3.28. The summed E-state index contributed by atoms with van der Waals surface area (Å²) in [6.07, 6.45) is 1.97. The Labute approximate surface area is 121 Å². The van der Waals surface area contributed by atoms with Crippen molar-refractivity contribution in [2.75, 3.05) is 32.2 Å². The van der Waals surface area contributed by atoms with Gasteiger partial charge in [0.25, 0.3) is 0 Å². The zero-order valence-corrected chi connectivity index (χ0v) is 11.7. The normalized spacial score (nSPS) is 18.0. The minimum Gasteiger partial charge on any atom is -0.464 e. The average molecular weight is 295 g/mol. The van der Waals surface area contributed by atoms with Crippen LogP contribution in [0.3, 0.4) is 0 Å². The van der Waals surface area contributed by atoms with Gasteiger partial charge in [0.1, 0.15) is 0 Å².